The van der Waals surface area contributed by atoms with Crippen LogP contribution in [0.15, 0.2) is 247 Å². The van der Waals surface area contributed by atoms with Crippen LogP contribution in [0, 0.1) is 12.8 Å². The fourth-order valence-corrected chi connectivity index (χ4v) is 8.59. The smallest absolute Gasteiger partial charge is 0.164 e. The maximum Gasteiger partial charge on any atom is 0.164 e. The van der Waals surface area contributed by atoms with Crippen molar-refractivity contribution < 1.29 is 0 Å². The number of nitrogens with zero attached hydrogens (tertiary/aromatic N) is 4. The molecule has 4 nitrogen and oxygen atoms in total. The molecule has 0 spiro atoms. The Hall–Kier alpha value is -8.34. The topological polar surface area (TPSA) is 51.0 Å². The summed E-state index contributed by atoms with van der Waals surface area (Å²) < 4.78 is 0. The molecule has 0 fully saturated rings. The second-order valence-corrected chi connectivity index (χ2v) is 16.7. The normalized spacial score (nSPS) is 16.7. The van der Waals surface area contributed by atoms with Crippen molar-refractivity contribution in [2.45, 2.75) is 20.3 Å². The van der Waals surface area contributed by atoms with Crippen molar-refractivity contribution in [2.75, 3.05) is 0 Å². The Labute approximate surface area is 387 Å². The van der Waals surface area contributed by atoms with Crippen molar-refractivity contribution in [3.8, 4) is 45.3 Å². The lowest BCUT2D eigenvalue weighted by Gasteiger charge is -2.18. The average molecular weight is 849 g/mol. The first-order chi connectivity index (χ1) is 32.5. The molecule has 0 saturated heterocycles. The zero-order valence-corrected chi connectivity index (χ0v) is 37.1. The third-order valence-corrected chi connectivity index (χ3v) is 12.3. The van der Waals surface area contributed by atoms with E-state index in [0.717, 1.165) is 73.1 Å². The Bertz CT molecular complexity index is 3280. The molecule has 1 heterocycles. The van der Waals surface area contributed by atoms with E-state index >= 15 is 0 Å². The lowest BCUT2D eigenvalue weighted by atomic mass is 9.86. The molecule has 0 saturated carbocycles. The number of hydrogen-bond acceptors (Lipinski definition) is 4. The summed E-state index contributed by atoms with van der Waals surface area (Å²) in [6.45, 7) is 4.24. The number of benzene rings is 6. The van der Waals surface area contributed by atoms with E-state index < -0.39 is 0 Å². The highest BCUT2D eigenvalue weighted by atomic mass is 15.0. The predicted molar refractivity (Wildman–Crippen MR) is 274 cm³/mol. The van der Waals surface area contributed by atoms with Crippen LogP contribution in [-0.2, 0) is 0 Å². The van der Waals surface area contributed by atoms with E-state index in [4.69, 9.17) is 19.9 Å². The SMILES string of the molecule is C/C(=C(\N=c1\cccccc1C)c1ccccc1)c1ccc(-c2nc(-c3ccc(/C4=C(c5ccccc5)/C=C/C5C=CC=CC(=C5)C4)cc3)nc(-c3ccc(-c4ccccc4)cc3)n2)cc1. The average Bonchev–Trinajstić information content (AvgIpc) is 3.75. The third-order valence-electron chi connectivity index (χ3n) is 12.3. The van der Waals surface area contributed by atoms with Crippen molar-refractivity contribution in [2.24, 2.45) is 10.9 Å². The van der Waals surface area contributed by atoms with Crippen LogP contribution in [0.25, 0.3) is 67.7 Å². The van der Waals surface area contributed by atoms with Gasteiger partial charge >= 0.3 is 0 Å². The summed E-state index contributed by atoms with van der Waals surface area (Å²) in [5, 5.41) is 0.935. The van der Waals surface area contributed by atoms with Crippen LogP contribution in [0.1, 0.15) is 41.2 Å². The van der Waals surface area contributed by atoms with Gasteiger partial charge in [0.05, 0.1) is 11.1 Å². The van der Waals surface area contributed by atoms with Crippen LogP contribution in [0.3, 0.4) is 0 Å². The molecule has 0 radical (unpaired) electrons. The molecule has 1 unspecified atom stereocenters. The minimum Gasteiger partial charge on any atom is -0.248 e. The third kappa shape index (κ3) is 9.31. The number of aromatic nitrogens is 3. The lowest BCUT2D eigenvalue weighted by molar-refractivity contribution is 1.04. The molecule has 1 atom stereocenters. The van der Waals surface area contributed by atoms with Gasteiger partial charge in [-0.15, -0.1) is 0 Å². The monoisotopic (exact) mass is 848 g/mol. The molecule has 0 amide bonds. The molecule has 2 aliphatic rings. The van der Waals surface area contributed by atoms with Crippen LogP contribution in [-0.4, -0.2) is 15.0 Å². The second-order valence-electron chi connectivity index (χ2n) is 16.7. The van der Waals surface area contributed by atoms with E-state index in [1.165, 1.54) is 22.3 Å². The van der Waals surface area contributed by atoms with Gasteiger partial charge in [-0.25, -0.2) is 19.9 Å². The molecule has 10 rings (SSSR count). The molecule has 0 N–H and O–H groups in total. The van der Waals surface area contributed by atoms with E-state index in [0.29, 0.717) is 17.5 Å². The van der Waals surface area contributed by atoms with Gasteiger partial charge in [0.2, 0.25) is 0 Å². The molecule has 0 aliphatic heterocycles. The molecular weight excluding hydrogens is 801 g/mol. The van der Waals surface area contributed by atoms with Gasteiger partial charge in [-0.3, -0.25) is 0 Å². The van der Waals surface area contributed by atoms with Crippen molar-refractivity contribution >= 4 is 22.4 Å². The summed E-state index contributed by atoms with van der Waals surface area (Å²) in [6.07, 6.45) is 16.5. The Morgan fingerprint density at radius 3 is 1.58 bits per heavy atom. The lowest BCUT2D eigenvalue weighted by Crippen LogP contribution is -2.04. The number of fused-ring (bicyclic) bond motifs is 1. The van der Waals surface area contributed by atoms with Crippen LogP contribution < -0.4 is 5.36 Å². The van der Waals surface area contributed by atoms with Gasteiger partial charge < -0.3 is 0 Å². The largest absolute Gasteiger partial charge is 0.248 e. The molecule has 2 bridgehead atoms. The predicted octanol–water partition coefficient (Wildman–Crippen LogP) is 14.9. The summed E-state index contributed by atoms with van der Waals surface area (Å²) in [6, 6.07) is 67.5. The summed E-state index contributed by atoms with van der Waals surface area (Å²) in [7, 11) is 0. The van der Waals surface area contributed by atoms with E-state index in [9.17, 15) is 0 Å². The van der Waals surface area contributed by atoms with Crippen LogP contribution in [0.5, 0.6) is 0 Å². The van der Waals surface area contributed by atoms with Crippen LogP contribution in [0.2, 0.25) is 0 Å². The van der Waals surface area contributed by atoms with Gasteiger partial charge in [0, 0.05) is 28.2 Å². The minimum absolute atomic E-state index is 0.256. The van der Waals surface area contributed by atoms with Gasteiger partial charge in [-0.2, -0.15) is 0 Å². The molecule has 7 aromatic carbocycles. The van der Waals surface area contributed by atoms with E-state index in [1.807, 2.05) is 30.3 Å². The van der Waals surface area contributed by atoms with Crippen molar-refractivity contribution in [3.05, 3.63) is 275 Å². The highest BCUT2D eigenvalue weighted by molar-refractivity contribution is 5.97. The molecule has 316 valence electrons. The Balaban J connectivity index is 1.05. The van der Waals surface area contributed by atoms with Gasteiger partial charge in [0.25, 0.3) is 0 Å². The summed E-state index contributed by atoms with van der Waals surface area (Å²) in [5.41, 5.74) is 16.4. The summed E-state index contributed by atoms with van der Waals surface area (Å²) >= 11 is 0. The summed E-state index contributed by atoms with van der Waals surface area (Å²) in [5.74, 6) is 2.09. The first-order valence-electron chi connectivity index (χ1n) is 22.6. The van der Waals surface area contributed by atoms with E-state index in [-0.39, 0.29) is 5.92 Å². The van der Waals surface area contributed by atoms with Gasteiger partial charge in [0.15, 0.2) is 17.5 Å². The zero-order valence-electron chi connectivity index (χ0n) is 37.1. The number of rotatable bonds is 9. The van der Waals surface area contributed by atoms with Crippen molar-refractivity contribution in [3.63, 3.8) is 0 Å². The first kappa shape index (κ1) is 41.7. The summed E-state index contributed by atoms with van der Waals surface area (Å²) in [4.78, 5) is 20.7. The number of allylic oxidation sites excluding steroid dienone is 11. The van der Waals surface area contributed by atoms with Crippen molar-refractivity contribution in [1.82, 2.24) is 15.0 Å². The van der Waals surface area contributed by atoms with Gasteiger partial charge in [0.1, 0.15) is 0 Å². The minimum atomic E-state index is 0.256. The fraction of sp³-hybridized carbons (Fsp3) is 0.0645. The van der Waals surface area contributed by atoms with Crippen LogP contribution >= 0.6 is 0 Å². The highest BCUT2D eigenvalue weighted by Gasteiger charge is 2.18. The molecule has 2 aliphatic carbocycles. The zero-order chi connectivity index (χ0) is 44.7. The fourth-order valence-electron chi connectivity index (χ4n) is 8.59. The standard InChI is InChI=1S/C62H48N4/c1-43-17-7-3-14-26-58(43)63-59(52-24-12-6-13-25-52)44(2)47-28-34-53(35-29-47)60-64-61(54-36-30-49(31-37-54)48-20-8-4-9-21-48)66-62(65-60)55-38-32-51(33-39-55)57-42-46-19-16-15-18-45(41-46)27-40-56(57)50-22-10-5-11-23-50/h3-41,45H,42H2,1-2H3/b40-27+,57-56-,59-44+,63-58-. The number of hydrogen-bond donors (Lipinski definition) is 0. The molecule has 66 heavy (non-hydrogen) atoms. The van der Waals surface area contributed by atoms with Gasteiger partial charge in [-0.1, -0.05) is 231 Å². The second kappa shape index (κ2) is 19.2. The Kier molecular flexibility index (Phi) is 12.1. The molecule has 1 aromatic heterocycles. The maximum absolute atomic E-state index is 5.25. The highest BCUT2D eigenvalue weighted by Crippen LogP contribution is 2.37. The Morgan fingerprint density at radius 2 is 0.955 bits per heavy atom. The number of aryl methyl sites for hydroxylation is 1. The quantitative estimate of drug-likeness (QED) is 0.136. The molecule has 8 aromatic rings. The maximum atomic E-state index is 5.25. The van der Waals surface area contributed by atoms with E-state index in [2.05, 4.69) is 220 Å². The molecular formula is C62H48N4. The van der Waals surface area contributed by atoms with Crippen molar-refractivity contribution in [1.29, 1.82) is 0 Å². The molecule has 4 heteroatoms. The van der Waals surface area contributed by atoms with Gasteiger partial charge in [-0.05, 0) is 82.0 Å². The first-order valence-corrected chi connectivity index (χ1v) is 22.6. The van der Waals surface area contributed by atoms with E-state index in [1.54, 1.807) is 0 Å². The Morgan fingerprint density at radius 1 is 0.455 bits per heavy atom. The van der Waals surface area contributed by atoms with Crippen LogP contribution in [0.4, 0.5) is 0 Å².